The average molecular weight is 151 g/mol. The standard InChI is InChI=1S/C4H9NO3S/c1-3-9(8)4(6)5(2)7/h7H,3H2,1-2H3. The molecule has 4 nitrogen and oxygen atoms in total. The van der Waals surface area contributed by atoms with Gasteiger partial charge in [-0.3, -0.25) is 10.0 Å². The molecule has 5 heteroatoms. The van der Waals surface area contributed by atoms with E-state index in [2.05, 4.69) is 0 Å². The van der Waals surface area contributed by atoms with Gasteiger partial charge in [0.15, 0.2) is 0 Å². The zero-order chi connectivity index (χ0) is 7.44. The quantitative estimate of drug-likeness (QED) is 0.430. The molecule has 1 atom stereocenters. The zero-order valence-corrected chi connectivity index (χ0v) is 6.14. The molecule has 0 radical (unpaired) electrons. The van der Waals surface area contributed by atoms with E-state index in [9.17, 15) is 9.00 Å². The molecule has 0 aliphatic heterocycles. The first kappa shape index (κ1) is 8.58. The number of hydrogen-bond acceptors (Lipinski definition) is 3. The first-order valence-corrected chi connectivity index (χ1v) is 3.76. The van der Waals surface area contributed by atoms with Crippen LogP contribution in [0.5, 0.6) is 0 Å². The second-order valence-electron chi connectivity index (χ2n) is 1.42. The molecule has 0 aromatic carbocycles. The molecule has 0 rings (SSSR count). The van der Waals surface area contributed by atoms with Gasteiger partial charge < -0.3 is 0 Å². The van der Waals surface area contributed by atoms with Gasteiger partial charge in [0.05, 0.1) is 0 Å². The smallest absolute Gasteiger partial charge is 0.285 e. The maximum Gasteiger partial charge on any atom is 0.334 e. The molecule has 0 fully saturated rings. The fourth-order valence-corrected chi connectivity index (χ4v) is 0.812. The minimum atomic E-state index is -1.56. The van der Waals surface area contributed by atoms with Crippen LogP contribution in [0.4, 0.5) is 4.79 Å². The van der Waals surface area contributed by atoms with Gasteiger partial charge in [-0.15, -0.1) is 0 Å². The van der Waals surface area contributed by atoms with E-state index >= 15 is 0 Å². The van der Waals surface area contributed by atoms with Crippen molar-refractivity contribution in [3.8, 4) is 0 Å². The van der Waals surface area contributed by atoms with Crippen LogP contribution in [0, 0.1) is 0 Å². The van der Waals surface area contributed by atoms with Crippen molar-refractivity contribution in [2.75, 3.05) is 12.8 Å². The number of rotatable bonds is 1. The highest BCUT2D eigenvalue weighted by Crippen LogP contribution is 1.88. The monoisotopic (exact) mass is 151 g/mol. The van der Waals surface area contributed by atoms with Crippen LogP contribution in [0.25, 0.3) is 0 Å². The molecular weight excluding hydrogens is 142 g/mol. The maximum atomic E-state index is 10.5. The molecule has 0 spiro atoms. The Kier molecular flexibility index (Phi) is 3.41. The van der Waals surface area contributed by atoms with Crippen molar-refractivity contribution in [1.82, 2.24) is 5.06 Å². The highest BCUT2D eigenvalue weighted by Gasteiger charge is 2.11. The summed E-state index contributed by atoms with van der Waals surface area (Å²) in [5.41, 5.74) is 0. The van der Waals surface area contributed by atoms with Crippen LogP contribution in [0.3, 0.4) is 0 Å². The van der Waals surface area contributed by atoms with Crippen LogP contribution in [-0.2, 0) is 10.8 Å². The second kappa shape index (κ2) is 3.58. The molecule has 0 heterocycles. The van der Waals surface area contributed by atoms with Crippen molar-refractivity contribution < 1.29 is 14.2 Å². The van der Waals surface area contributed by atoms with Crippen molar-refractivity contribution in [3.63, 3.8) is 0 Å². The van der Waals surface area contributed by atoms with Crippen molar-refractivity contribution in [2.45, 2.75) is 6.92 Å². The average Bonchev–Trinajstić information content (AvgIpc) is 1.84. The predicted octanol–water partition coefficient (Wildman–Crippen LogP) is 0.196. The number of carbonyl (C=O) groups is 1. The van der Waals surface area contributed by atoms with Gasteiger partial charge in [-0.1, -0.05) is 6.92 Å². The zero-order valence-electron chi connectivity index (χ0n) is 5.33. The third-order valence-corrected chi connectivity index (χ3v) is 1.90. The molecule has 0 bridgehead atoms. The molecule has 0 aliphatic rings. The number of amides is 1. The van der Waals surface area contributed by atoms with E-state index in [0.29, 0.717) is 5.06 Å². The third kappa shape index (κ3) is 2.57. The van der Waals surface area contributed by atoms with Crippen LogP contribution in [0.15, 0.2) is 0 Å². The third-order valence-electron chi connectivity index (χ3n) is 0.721. The summed E-state index contributed by atoms with van der Waals surface area (Å²) in [5.74, 6) is 0.240. The Labute approximate surface area is 55.9 Å². The molecule has 0 saturated heterocycles. The lowest BCUT2D eigenvalue weighted by atomic mass is 11.0. The molecule has 0 aromatic rings. The number of carbonyl (C=O) groups excluding carboxylic acids is 1. The number of hydrogen-bond donors (Lipinski definition) is 1. The van der Waals surface area contributed by atoms with Gasteiger partial charge in [-0.25, -0.2) is 9.27 Å². The Bertz CT molecular complexity index is 134. The highest BCUT2D eigenvalue weighted by atomic mass is 32.2. The van der Waals surface area contributed by atoms with Gasteiger partial charge >= 0.3 is 5.24 Å². The normalized spacial score (nSPS) is 12.8. The molecule has 9 heavy (non-hydrogen) atoms. The Hall–Kier alpha value is -0.420. The molecular formula is C4H9NO3S. The van der Waals surface area contributed by atoms with Gasteiger partial charge in [0, 0.05) is 12.8 Å². The van der Waals surface area contributed by atoms with E-state index < -0.39 is 16.0 Å². The van der Waals surface area contributed by atoms with Crippen molar-refractivity contribution in [1.29, 1.82) is 0 Å². The summed E-state index contributed by atoms with van der Waals surface area (Å²) in [7, 11) is -0.416. The van der Waals surface area contributed by atoms with Gasteiger partial charge in [0.25, 0.3) is 0 Å². The van der Waals surface area contributed by atoms with Crippen molar-refractivity contribution in [2.24, 2.45) is 0 Å². The van der Waals surface area contributed by atoms with Crippen LogP contribution >= 0.6 is 0 Å². The summed E-state index contributed by atoms with van der Waals surface area (Å²) in [6.45, 7) is 1.61. The van der Waals surface area contributed by atoms with Crippen molar-refractivity contribution >= 4 is 16.0 Å². The molecule has 0 saturated carbocycles. The first-order chi connectivity index (χ1) is 4.09. The molecule has 0 aliphatic carbocycles. The Morgan fingerprint density at radius 1 is 1.78 bits per heavy atom. The van der Waals surface area contributed by atoms with Crippen LogP contribution in [0.1, 0.15) is 6.92 Å². The second-order valence-corrected chi connectivity index (χ2v) is 3.04. The Morgan fingerprint density at radius 2 is 2.22 bits per heavy atom. The summed E-state index contributed by atoms with van der Waals surface area (Å²) in [6.07, 6.45) is 0. The topological polar surface area (TPSA) is 57.6 Å². The van der Waals surface area contributed by atoms with Crippen LogP contribution in [-0.4, -0.2) is 32.5 Å². The number of nitrogens with zero attached hydrogens (tertiary/aromatic N) is 1. The fourth-order valence-electron chi connectivity index (χ4n) is 0.271. The lowest BCUT2D eigenvalue weighted by Crippen LogP contribution is -2.25. The fraction of sp³-hybridized carbons (Fsp3) is 0.750. The summed E-state index contributed by atoms with van der Waals surface area (Å²) in [4.78, 5) is 10.4. The summed E-state index contributed by atoms with van der Waals surface area (Å²) >= 11 is 0. The molecule has 54 valence electrons. The summed E-state index contributed by atoms with van der Waals surface area (Å²) in [6, 6.07) is 0. The molecule has 1 N–H and O–H groups in total. The minimum Gasteiger partial charge on any atom is -0.285 e. The van der Waals surface area contributed by atoms with E-state index in [1.165, 1.54) is 0 Å². The largest absolute Gasteiger partial charge is 0.334 e. The van der Waals surface area contributed by atoms with Gasteiger partial charge in [-0.05, 0) is 0 Å². The summed E-state index contributed by atoms with van der Waals surface area (Å²) in [5, 5.41) is 7.99. The summed E-state index contributed by atoms with van der Waals surface area (Å²) < 4.78 is 10.5. The predicted molar refractivity (Wildman–Crippen MR) is 33.6 cm³/mol. The lowest BCUT2D eigenvalue weighted by molar-refractivity contribution is -0.00600. The van der Waals surface area contributed by atoms with E-state index in [4.69, 9.17) is 5.21 Å². The molecule has 1 unspecified atom stereocenters. The van der Waals surface area contributed by atoms with E-state index in [1.807, 2.05) is 0 Å². The van der Waals surface area contributed by atoms with Gasteiger partial charge in [0.1, 0.15) is 10.8 Å². The molecule has 0 aromatic heterocycles. The van der Waals surface area contributed by atoms with Gasteiger partial charge in [0.2, 0.25) is 0 Å². The molecule has 1 amide bonds. The highest BCUT2D eigenvalue weighted by molar-refractivity contribution is 8.00. The minimum absolute atomic E-state index is 0.240. The van der Waals surface area contributed by atoms with Crippen LogP contribution < -0.4 is 0 Å². The van der Waals surface area contributed by atoms with E-state index in [1.54, 1.807) is 6.92 Å². The lowest BCUT2D eigenvalue weighted by Gasteiger charge is -2.04. The van der Waals surface area contributed by atoms with Crippen LogP contribution in [0.2, 0.25) is 0 Å². The van der Waals surface area contributed by atoms with E-state index in [0.717, 1.165) is 7.05 Å². The van der Waals surface area contributed by atoms with Gasteiger partial charge in [-0.2, -0.15) is 0 Å². The maximum absolute atomic E-state index is 10.5. The number of hydroxylamine groups is 2. The van der Waals surface area contributed by atoms with E-state index in [-0.39, 0.29) is 5.75 Å². The Morgan fingerprint density at radius 3 is 2.33 bits per heavy atom. The Balaban J connectivity index is 3.89. The first-order valence-electron chi connectivity index (χ1n) is 2.44. The SMILES string of the molecule is CCS(=O)C(=O)N(C)O. The van der Waals surface area contributed by atoms with Crippen molar-refractivity contribution in [3.05, 3.63) is 0 Å².